The summed E-state index contributed by atoms with van der Waals surface area (Å²) in [6, 6.07) is 6.14. The minimum absolute atomic E-state index is 0.241. The van der Waals surface area contributed by atoms with Crippen LogP contribution >= 0.6 is 0 Å². The minimum Gasteiger partial charge on any atom is -0.307 e. The first kappa shape index (κ1) is 32.8. The third-order valence-electron chi connectivity index (χ3n) is 5.41. The van der Waals surface area contributed by atoms with Gasteiger partial charge in [-0.15, -0.1) is 13.2 Å². The normalized spacial score (nSPS) is 17.5. The quantitative estimate of drug-likeness (QED) is 0.227. The molecule has 0 radical (unpaired) electrons. The summed E-state index contributed by atoms with van der Waals surface area (Å²) in [5.41, 5.74) is 4.52. The molecule has 2 unspecified atom stereocenters. The summed E-state index contributed by atoms with van der Waals surface area (Å²) in [5, 5.41) is 3.03. The van der Waals surface area contributed by atoms with Gasteiger partial charge in [0.2, 0.25) is 5.92 Å². The molecule has 0 saturated carbocycles. The molecule has 0 fully saturated rings. The number of hydrogen-bond acceptors (Lipinski definition) is 2. The molecular formula is C31H41F3N2. The molecule has 0 saturated heterocycles. The van der Waals surface area contributed by atoms with E-state index in [2.05, 4.69) is 30.0 Å². The number of rotatable bonds is 7. The molecule has 0 bridgehead atoms. The maximum atomic E-state index is 13.1. The lowest BCUT2D eigenvalue weighted by Gasteiger charge is -2.26. The molecule has 196 valence electrons. The second kappa shape index (κ2) is 17.3. The number of hydrogen-bond donors (Lipinski definition) is 1. The smallest absolute Gasteiger partial charge is 0.249 e. The Labute approximate surface area is 216 Å². The van der Waals surface area contributed by atoms with Crippen LogP contribution in [0.4, 0.5) is 13.2 Å². The van der Waals surface area contributed by atoms with E-state index >= 15 is 0 Å². The van der Waals surface area contributed by atoms with Gasteiger partial charge < -0.3 is 5.32 Å². The highest BCUT2D eigenvalue weighted by atomic mass is 19.3. The Morgan fingerprint density at radius 3 is 2.25 bits per heavy atom. The van der Waals surface area contributed by atoms with Gasteiger partial charge in [0, 0.05) is 29.8 Å². The Morgan fingerprint density at radius 2 is 1.72 bits per heavy atom. The number of alkyl halides is 2. The van der Waals surface area contributed by atoms with Crippen LogP contribution in [0.3, 0.4) is 0 Å². The minimum atomic E-state index is -2.63. The van der Waals surface area contributed by atoms with Gasteiger partial charge in [0.1, 0.15) is 5.82 Å². The van der Waals surface area contributed by atoms with Crippen molar-refractivity contribution in [3.05, 3.63) is 115 Å². The molecule has 0 spiro atoms. The molecule has 1 aliphatic rings. The summed E-state index contributed by atoms with van der Waals surface area (Å²) in [6.07, 6.45) is 15.3. The number of allylic oxidation sites excluding steroid dienone is 8. The second-order valence-electron chi connectivity index (χ2n) is 8.39. The highest BCUT2D eigenvalue weighted by molar-refractivity contribution is 6.00. The highest BCUT2D eigenvalue weighted by Crippen LogP contribution is 2.27. The van der Waals surface area contributed by atoms with Crippen molar-refractivity contribution in [2.24, 2.45) is 10.9 Å². The van der Waals surface area contributed by atoms with Crippen molar-refractivity contribution >= 4 is 11.4 Å². The number of aliphatic imine (C=N–C) groups is 1. The highest BCUT2D eigenvalue weighted by Gasteiger charge is 2.34. The summed E-state index contributed by atoms with van der Waals surface area (Å²) < 4.78 is 39.0. The lowest BCUT2D eigenvalue weighted by Crippen LogP contribution is -2.40. The Morgan fingerprint density at radius 1 is 1.11 bits per heavy atom. The molecule has 0 aromatic heterocycles. The van der Waals surface area contributed by atoms with Crippen LogP contribution in [0.5, 0.6) is 0 Å². The van der Waals surface area contributed by atoms with E-state index in [4.69, 9.17) is 0 Å². The Kier molecular flexibility index (Phi) is 15.8. The van der Waals surface area contributed by atoms with Crippen LogP contribution in [-0.4, -0.2) is 24.2 Å². The molecule has 1 N–H and O–H groups in total. The van der Waals surface area contributed by atoms with Crippen molar-refractivity contribution < 1.29 is 13.2 Å². The fourth-order valence-electron chi connectivity index (χ4n) is 2.90. The van der Waals surface area contributed by atoms with Crippen molar-refractivity contribution in [1.29, 1.82) is 0 Å². The molecule has 36 heavy (non-hydrogen) atoms. The van der Waals surface area contributed by atoms with Gasteiger partial charge in [-0.05, 0) is 70.0 Å². The topological polar surface area (TPSA) is 24.4 Å². The average Bonchev–Trinajstić information content (AvgIpc) is 3.13. The Hall–Kier alpha value is -3.18. The molecule has 2 nitrogen and oxygen atoms in total. The zero-order valence-electron chi connectivity index (χ0n) is 22.5. The van der Waals surface area contributed by atoms with E-state index in [1.807, 2.05) is 70.2 Å². The van der Waals surface area contributed by atoms with E-state index in [0.717, 1.165) is 35.0 Å². The maximum absolute atomic E-state index is 13.1. The van der Waals surface area contributed by atoms with Crippen LogP contribution in [0.2, 0.25) is 0 Å². The van der Waals surface area contributed by atoms with Crippen molar-refractivity contribution in [2.75, 3.05) is 6.54 Å². The lowest BCUT2D eigenvalue weighted by atomic mass is 9.95. The lowest BCUT2D eigenvalue weighted by molar-refractivity contribution is -0.0400. The Bertz CT molecular complexity index is 988. The fourth-order valence-corrected chi connectivity index (χ4v) is 2.90. The van der Waals surface area contributed by atoms with Gasteiger partial charge in [-0.3, -0.25) is 4.99 Å². The van der Waals surface area contributed by atoms with Gasteiger partial charge in [0.05, 0.1) is 5.70 Å². The van der Waals surface area contributed by atoms with E-state index < -0.39 is 11.8 Å². The predicted molar refractivity (Wildman–Crippen MR) is 152 cm³/mol. The molecule has 2 atom stereocenters. The van der Waals surface area contributed by atoms with Crippen molar-refractivity contribution in [3.8, 4) is 0 Å². The molecule has 1 heterocycles. The van der Waals surface area contributed by atoms with Crippen LogP contribution in [-0.2, 0) is 0 Å². The second-order valence-corrected chi connectivity index (χ2v) is 8.39. The summed E-state index contributed by atoms with van der Waals surface area (Å²) >= 11 is 0. The van der Waals surface area contributed by atoms with Crippen LogP contribution < -0.4 is 5.32 Å². The SMILES string of the molecule is C=C.C=C(C)C(C)=N/C(=C(C)/C=C\C=C/C)c1ccc(F)cc1.CC(C1C=CC=CCN1)C(C)(F)F. The first-order valence-electron chi connectivity index (χ1n) is 11.9. The van der Waals surface area contributed by atoms with Gasteiger partial charge >= 0.3 is 0 Å². The third-order valence-corrected chi connectivity index (χ3v) is 5.41. The van der Waals surface area contributed by atoms with E-state index in [9.17, 15) is 13.2 Å². The van der Waals surface area contributed by atoms with Crippen molar-refractivity contribution in [2.45, 2.75) is 53.5 Å². The van der Waals surface area contributed by atoms with E-state index in [1.54, 1.807) is 25.1 Å². The van der Waals surface area contributed by atoms with Crippen LogP contribution in [0.1, 0.15) is 47.1 Å². The number of nitrogens with zero attached hydrogens (tertiary/aromatic N) is 1. The first-order chi connectivity index (χ1) is 17.0. The van der Waals surface area contributed by atoms with E-state index in [-0.39, 0.29) is 11.9 Å². The largest absolute Gasteiger partial charge is 0.307 e. The van der Waals surface area contributed by atoms with Crippen molar-refractivity contribution in [3.63, 3.8) is 0 Å². The van der Waals surface area contributed by atoms with Crippen molar-refractivity contribution in [1.82, 2.24) is 5.32 Å². The molecule has 1 aromatic carbocycles. The van der Waals surface area contributed by atoms with Gasteiger partial charge in [-0.2, -0.15) is 0 Å². The summed E-state index contributed by atoms with van der Waals surface area (Å²) in [5.74, 6) is -3.56. The monoisotopic (exact) mass is 498 g/mol. The summed E-state index contributed by atoms with van der Waals surface area (Å²) in [7, 11) is 0. The predicted octanol–water partition coefficient (Wildman–Crippen LogP) is 8.89. The fraction of sp³-hybridized carbons (Fsp3) is 0.323. The van der Waals surface area contributed by atoms with Gasteiger partial charge in [-0.1, -0.05) is 62.1 Å². The van der Waals surface area contributed by atoms with Crippen LogP contribution in [0, 0.1) is 11.7 Å². The Balaban J connectivity index is 0.000000698. The van der Waals surface area contributed by atoms with Gasteiger partial charge in [0.25, 0.3) is 0 Å². The molecule has 1 aliphatic heterocycles. The zero-order chi connectivity index (χ0) is 27.7. The maximum Gasteiger partial charge on any atom is 0.249 e. The molecule has 0 amide bonds. The molecule has 2 rings (SSSR count). The molecule has 5 heteroatoms. The summed E-state index contributed by atoms with van der Waals surface area (Å²) in [4.78, 5) is 4.65. The number of benzene rings is 1. The van der Waals surface area contributed by atoms with Gasteiger partial charge in [0.15, 0.2) is 0 Å². The third kappa shape index (κ3) is 12.5. The average molecular weight is 499 g/mol. The van der Waals surface area contributed by atoms with E-state index in [1.165, 1.54) is 12.1 Å². The number of nitrogens with one attached hydrogen (secondary N) is 1. The molecule has 1 aromatic rings. The zero-order valence-corrected chi connectivity index (χ0v) is 22.5. The standard InChI is InChI=1S/C19H22FN.C10H15F2N.C2H4/c1-6-7-8-9-15(4)19(21-16(5)14(2)3)17-10-12-18(20)13-11-17;1-8(10(2,11)12)9-6-4-3-5-7-13-9;1-2/h6-13H,2H2,1,3-5H3;3-6,8-9,13H,7H2,1-2H3;1-2H2/b7-6-,9-8-,19-15+,21-16?;;. The first-order valence-corrected chi connectivity index (χ1v) is 11.9. The molecule has 0 aliphatic carbocycles. The number of halogens is 3. The molecular weight excluding hydrogens is 457 g/mol. The van der Waals surface area contributed by atoms with Gasteiger partial charge in [-0.25, -0.2) is 13.2 Å². The summed E-state index contributed by atoms with van der Waals surface area (Å²) in [6.45, 7) is 20.9. The van der Waals surface area contributed by atoms with Crippen LogP contribution in [0.15, 0.2) is 109 Å². The van der Waals surface area contributed by atoms with E-state index in [0.29, 0.717) is 6.54 Å². The van der Waals surface area contributed by atoms with Crippen LogP contribution in [0.25, 0.3) is 5.70 Å².